The second-order valence-electron chi connectivity index (χ2n) is 9.60. The zero-order valence-electron chi connectivity index (χ0n) is 19.9. The van der Waals surface area contributed by atoms with E-state index in [0.717, 1.165) is 42.0 Å². The fourth-order valence-electron chi connectivity index (χ4n) is 4.97. The van der Waals surface area contributed by atoms with Crippen LogP contribution in [0.15, 0.2) is 48.7 Å². The van der Waals surface area contributed by atoms with Crippen molar-refractivity contribution in [3.63, 3.8) is 0 Å². The molecule has 0 radical (unpaired) electrons. The van der Waals surface area contributed by atoms with Crippen molar-refractivity contribution < 1.29 is 9.53 Å². The van der Waals surface area contributed by atoms with Gasteiger partial charge in [0.2, 0.25) is 0 Å². The first-order valence-corrected chi connectivity index (χ1v) is 12.0. The van der Waals surface area contributed by atoms with E-state index in [1.54, 1.807) is 7.11 Å². The minimum atomic E-state index is -0.124. The van der Waals surface area contributed by atoms with E-state index in [1.807, 2.05) is 48.7 Å². The average Bonchev–Trinajstić information content (AvgIpc) is 3.24. The molecule has 176 valence electrons. The highest BCUT2D eigenvalue weighted by molar-refractivity contribution is 5.74. The van der Waals surface area contributed by atoms with Crippen LogP contribution in [0.1, 0.15) is 63.4 Å². The van der Waals surface area contributed by atoms with Crippen LogP contribution in [0.5, 0.6) is 5.75 Å². The molecule has 1 fully saturated rings. The number of hydrogen-bond donors (Lipinski definition) is 2. The Hall–Kier alpha value is -3.09. The molecule has 7 nitrogen and oxygen atoms in total. The number of pyridine rings is 1. The van der Waals surface area contributed by atoms with Gasteiger partial charge in [-0.3, -0.25) is 4.40 Å². The molecule has 1 aromatic carbocycles. The smallest absolute Gasteiger partial charge is 0.315 e. The van der Waals surface area contributed by atoms with Crippen molar-refractivity contribution in [3.05, 3.63) is 60.0 Å². The first-order valence-electron chi connectivity index (χ1n) is 12.0. The molecule has 1 aliphatic carbocycles. The molecule has 4 rings (SSSR count). The number of hydrogen-bond acceptors (Lipinski definition) is 4. The summed E-state index contributed by atoms with van der Waals surface area (Å²) in [5.41, 5.74) is 1.94. The van der Waals surface area contributed by atoms with Crippen molar-refractivity contribution >= 4 is 11.7 Å². The number of methoxy groups -OCH3 is 1. The van der Waals surface area contributed by atoms with Crippen molar-refractivity contribution in [2.45, 2.75) is 58.4 Å². The molecule has 0 bridgehead atoms. The Labute approximate surface area is 195 Å². The Bertz CT molecular complexity index is 1050. The topological polar surface area (TPSA) is 80.5 Å². The Kier molecular flexibility index (Phi) is 7.16. The van der Waals surface area contributed by atoms with E-state index in [4.69, 9.17) is 4.74 Å². The minimum Gasteiger partial charge on any atom is -0.497 e. The van der Waals surface area contributed by atoms with Gasteiger partial charge in [-0.25, -0.2) is 4.79 Å². The summed E-state index contributed by atoms with van der Waals surface area (Å²) in [5, 5.41) is 15.2. The maximum Gasteiger partial charge on any atom is 0.315 e. The molecular weight excluding hydrogens is 414 g/mol. The van der Waals surface area contributed by atoms with Crippen LogP contribution < -0.4 is 15.4 Å². The summed E-state index contributed by atoms with van der Waals surface area (Å²) in [4.78, 5) is 13.0. The number of urea groups is 1. The molecule has 1 aliphatic rings. The molecule has 1 saturated carbocycles. The monoisotopic (exact) mass is 449 g/mol. The predicted molar refractivity (Wildman–Crippen MR) is 129 cm³/mol. The third-order valence-electron chi connectivity index (χ3n) is 6.88. The van der Waals surface area contributed by atoms with E-state index in [9.17, 15) is 4.79 Å². The van der Waals surface area contributed by atoms with Crippen molar-refractivity contribution in [3.8, 4) is 5.75 Å². The van der Waals surface area contributed by atoms with Gasteiger partial charge in [-0.1, -0.05) is 51.3 Å². The SMILES string of the molecule is COc1ccc([C@H](NC(=O)NCC2(Cc3nnc4ccccn34)CCCCC2)C(C)C)cc1. The van der Waals surface area contributed by atoms with Crippen LogP contribution in [0, 0.1) is 11.3 Å². The third-order valence-corrected chi connectivity index (χ3v) is 6.88. The lowest BCUT2D eigenvalue weighted by Crippen LogP contribution is -2.46. The van der Waals surface area contributed by atoms with Crippen LogP contribution in [0.25, 0.3) is 5.65 Å². The van der Waals surface area contributed by atoms with E-state index in [-0.39, 0.29) is 23.4 Å². The van der Waals surface area contributed by atoms with Crippen LogP contribution in [-0.2, 0) is 6.42 Å². The van der Waals surface area contributed by atoms with Gasteiger partial charge in [0, 0.05) is 19.2 Å². The summed E-state index contributed by atoms with van der Waals surface area (Å²) in [6.45, 7) is 4.87. The summed E-state index contributed by atoms with van der Waals surface area (Å²) >= 11 is 0. The van der Waals surface area contributed by atoms with Gasteiger partial charge in [0.25, 0.3) is 0 Å². The number of aromatic nitrogens is 3. The lowest BCUT2D eigenvalue weighted by Gasteiger charge is -2.37. The summed E-state index contributed by atoms with van der Waals surface area (Å²) < 4.78 is 7.33. The molecule has 33 heavy (non-hydrogen) atoms. The lowest BCUT2D eigenvalue weighted by atomic mass is 9.71. The Balaban J connectivity index is 1.44. The largest absolute Gasteiger partial charge is 0.497 e. The van der Waals surface area contributed by atoms with E-state index in [2.05, 4.69) is 39.1 Å². The van der Waals surface area contributed by atoms with Crippen molar-refractivity contribution in [2.75, 3.05) is 13.7 Å². The standard InChI is InChI=1S/C26H35N5O2/c1-19(2)24(20-10-12-21(33-3)13-11-20)28-25(32)27-18-26(14-6-4-7-15-26)17-23-30-29-22-9-5-8-16-31(22)23/h5,8-13,16,19,24H,4,6-7,14-15,17-18H2,1-3H3,(H2,27,28,32)/t24-/m1/s1. The first kappa shape index (κ1) is 23.1. The Morgan fingerprint density at radius 1 is 1.09 bits per heavy atom. The number of rotatable bonds is 8. The Morgan fingerprint density at radius 3 is 2.55 bits per heavy atom. The maximum atomic E-state index is 13.0. The maximum absolute atomic E-state index is 13.0. The molecule has 7 heteroatoms. The van der Waals surface area contributed by atoms with Crippen LogP contribution in [0.3, 0.4) is 0 Å². The highest BCUT2D eigenvalue weighted by atomic mass is 16.5. The molecule has 2 amide bonds. The number of fused-ring (bicyclic) bond motifs is 1. The molecule has 2 aromatic heterocycles. The number of benzene rings is 1. The fourth-order valence-corrected chi connectivity index (χ4v) is 4.97. The van der Waals surface area contributed by atoms with Gasteiger partial charge in [-0.05, 0) is 54.0 Å². The van der Waals surface area contributed by atoms with Gasteiger partial charge in [-0.15, -0.1) is 10.2 Å². The van der Waals surface area contributed by atoms with Crippen LogP contribution in [0.2, 0.25) is 0 Å². The summed E-state index contributed by atoms with van der Waals surface area (Å²) in [5.74, 6) is 2.04. The van der Waals surface area contributed by atoms with Gasteiger partial charge in [0.15, 0.2) is 5.65 Å². The van der Waals surface area contributed by atoms with Crippen molar-refractivity contribution in [1.29, 1.82) is 0 Å². The lowest BCUT2D eigenvalue weighted by molar-refractivity contribution is 0.173. The van der Waals surface area contributed by atoms with Crippen LogP contribution in [-0.4, -0.2) is 34.3 Å². The normalized spacial score (nSPS) is 16.5. The molecule has 0 unspecified atom stereocenters. The van der Waals surface area contributed by atoms with Gasteiger partial charge in [0.1, 0.15) is 11.6 Å². The number of ether oxygens (including phenoxy) is 1. The van der Waals surface area contributed by atoms with Crippen molar-refractivity contribution in [2.24, 2.45) is 11.3 Å². The summed E-state index contributed by atoms with van der Waals surface area (Å²) in [7, 11) is 1.66. The first-order chi connectivity index (χ1) is 16.0. The van der Waals surface area contributed by atoms with Gasteiger partial charge in [0.05, 0.1) is 13.2 Å². The van der Waals surface area contributed by atoms with Crippen LogP contribution in [0.4, 0.5) is 4.79 Å². The number of nitrogens with zero attached hydrogens (tertiary/aromatic N) is 3. The molecular formula is C26H35N5O2. The number of carbonyl (C=O) groups excluding carboxylic acids is 1. The van der Waals surface area contributed by atoms with E-state index < -0.39 is 0 Å². The highest BCUT2D eigenvalue weighted by Crippen LogP contribution is 2.38. The zero-order valence-corrected chi connectivity index (χ0v) is 19.9. The number of amides is 2. The van der Waals surface area contributed by atoms with Crippen LogP contribution >= 0.6 is 0 Å². The second kappa shape index (κ2) is 10.2. The molecule has 0 saturated heterocycles. The zero-order chi connectivity index (χ0) is 23.3. The van der Waals surface area contributed by atoms with Gasteiger partial charge >= 0.3 is 6.03 Å². The predicted octanol–water partition coefficient (Wildman–Crippen LogP) is 4.93. The Morgan fingerprint density at radius 2 is 1.85 bits per heavy atom. The number of carbonyl (C=O) groups is 1. The molecule has 0 spiro atoms. The average molecular weight is 450 g/mol. The minimum absolute atomic E-state index is 0.00182. The van der Waals surface area contributed by atoms with Gasteiger partial charge in [-0.2, -0.15) is 0 Å². The highest BCUT2D eigenvalue weighted by Gasteiger charge is 2.34. The molecule has 0 aliphatic heterocycles. The third kappa shape index (κ3) is 5.46. The number of nitrogens with one attached hydrogen (secondary N) is 2. The molecule has 2 heterocycles. The van der Waals surface area contributed by atoms with E-state index in [1.165, 1.54) is 19.3 Å². The van der Waals surface area contributed by atoms with Crippen molar-refractivity contribution in [1.82, 2.24) is 25.2 Å². The molecule has 3 aromatic rings. The van der Waals surface area contributed by atoms with Gasteiger partial charge < -0.3 is 15.4 Å². The van der Waals surface area contributed by atoms with E-state index >= 15 is 0 Å². The summed E-state index contributed by atoms with van der Waals surface area (Å²) in [6, 6.07) is 13.7. The summed E-state index contributed by atoms with van der Waals surface area (Å²) in [6.07, 6.45) is 8.61. The fraction of sp³-hybridized carbons (Fsp3) is 0.500. The quantitative estimate of drug-likeness (QED) is 0.511. The molecule has 1 atom stereocenters. The second-order valence-corrected chi connectivity index (χ2v) is 9.60. The molecule has 2 N–H and O–H groups in total. The van der Waals surface area contributed by atoms with E-state index in [0.29, 0.717) is 6.54 Å².